The maximum atomic E-state index is 5.31. The fourth-order valence-electron chi connectivity index (χ4n) is 11.7. The predicted octanol–water partition coefficient (Wildman–Crippen LogP) is 15.0. The SMILES string of the molecule is c1ccc(-n2c3ccccc3c3cc(-n4cnc5c4c4ncn(-c6ccc7c(c6)c6ccccc6n7-c6ccccc6)c4c4ncn(-c6ccc7c(c6)c6ccccc6n7-c6ccccc6)c54)ccc32)cc1. The molecular weight excluding hydrogens is 883 g/mol. The molecular formula is C63H39N9. The van der Waals surface area contributed by atoms with Crippen LogP contribution in [0.15, 0.2) is 237 Å². The van der Waals surface area contributed by atoms with Crippen LogP contribution in [0.1, 0.15) is 0 Å². The van der Waals surface area contributed by atoms with Crippen molar-refractivity contribution in [3.8, 4) is 34.1 Å². The van der Waals surface area contributed by atoms with Crippen LogP contribution in [0.25, 0.3) is 133 Å². The molecule has 72 heavy (non-hydrogen) atoms. The number of rotatable bonds is 6. The number of imidazole rings is 3. The van der Waals surface area contributed by atoms with Crippen LogP contribution < -0.4 is 0 Å². The lowest BCUT2D eigenvalue weighted by atomic mass is 10.1. The molecule has 10 aromatic carbocycles. The van der Waals surface area contributed by atoms with E-state index in [4.69, 9.17) is 15.0 Å². The maximum absolute atomic E-state index is 5.31. The molecule has 16 aromatic rings. The van der Waals surface area contributed by atoms with Crippen LogP contribution >= 0.6 is 0 Å². The van der Waals surface area contributed by atoms with Crippen molar-refractivity contribution in [2.75, 3.05) is 0 Å². The summed E-state index contributed by atoms with van der Waals surface area (Å²) in [6.07, 6.45) is 5.87. The second-order valence-electron chi connectivity index (χ2n) is 18.6. The summed E-state index contributed by atoms with van der Waals surface area (Å²) in [4.78, 5) is 15.9. The Bertz CT molecular complexity index is 4330. The van der Waals surface area contributed by atoms with Gasteiger partial charge in [-0.15, -0.1) is 0 Å². The van der Waals surface area contributed by atoms with Gasteiger partial charge in [-0.05, 0) is 109 Å². The maximum Gasteiger partial charge on any atom is 0.117 e. The van der Waals surface area contributed by atoms with E-state index >= 15 is 0 Å². The van der Waals surface area contributed by atoms with Gasteiger partial charge in [0.15, 0.2) is 0 Å². The van der Waals surface area contributed by atoms with E-state index in [2.05, 4.69) is 246 Å². The zero-order valence-electron chi connectivity index (χ0n) is 38.5. The smallest absolute Gasteiger partial charge is 0.117 e. The molecule has 0 N–H and O–H groups in total. The van der Waals surface area contributed by atoms with Crippen molar-refractivity contribution in [2.45, 2.75) is 0 Å². The predicted molar refractivity (Wildman–Crippen MR) is 293 cm³/mol. The summed E-state index contributed by atoms with van der Waals surface area (Å²) in [5.41, 5.74) is 18.4. The monoisotopic (exact) mass is 921 g/mol. The van der Waals surface area contributed by atoms with E-state index in [1.54, 1.807) is 0 Å². The van der Waals surface area contributed by atoms with Crippen molar-refractivity contribution in [2.24, 2.45) is 0 Å². The second kappa shape index (κ2) is 14.8. The highest BCUT2D eigenvalue weighted by atomic mass is 15.1. The summed E-state index contributed by atoms with van der Waals surface area (Å²) in [7, 11) is 0. The number of benzene rings is 10. The summed E-state index contributed by atoms with van der Waals surface area (Å²) >= 11 is 0. The van der Waals surface area contributed by atoms with E-state index in [9.17, 15) is 0 Å². The number of para-hydroxylation sites is 6. The molecule has 0 spiro atoms. The normalized spacial score (nSPS) is 12.2. The number of aromatic nitrogens is 9. The van der Waals surface area contributed by atoms with Crippen LogP contribution in [-0.2, 0) is 0 Å². The minimum Gasteiger partial charge on any atom is -0.309 e. The van der Waals surface area contributed by atoms with Crippen LogP contribution in [0.5, 0.6) is 0 Å². The summed E-state index contributed by atoms with van der Waals surface area (Å²) in [6.45, 7) is 0. The highest BCUT2D eigenvalue weighted by Gasteiger charge is 2.25. The van der Waals surface area contributed by atoms with Gasteiger partial charge in [0.05, 0.1) is 33.1 Å². The number of fused-ring (bicyclic) bond motifs is 15. The number of nitrogens with zero attached hydrogens (tertiary/aromatic N) is 9. The van der Waals surface area contributed by atoms with Crippen LogP contribution in [0.3, 0.4) is 0 Å². The quantitative estimate of drug-likeness (QED) is 0.167. The molecule has 0 amide bonds. The minimum absolute atomic E-state index is 0.820. The molecule has 0 aliphatic heterocycles. The van der Waals surface area contributed by atoms with E-state index in [1.165, 1.54) is 16.2 Å². The van der Waals surface area contributed by atoms with Gasteiger partial charge >= 0.3 is 0 Å². The lowest BCUT2D eigenvalue weighted by Gasteiger charge is -2.11. The van der Waals surface area contributed by atoms with Gasteiger partial charge in [-0.3, -0.25) is 13.7 Å². The van der Waals surface area contributed by atoms with Crippen molar-refractivity contribution in [1.82, 2.24) is 42.4 Å². The molecule has 0 unspecified atom stereocenters. The Hall–Kier alpha value is -9.99. The average Bonchev–Trinajstić information content (AvgIpc) is 4.32. The van der Waals surface area contributed by atoms with Gasteiger partial charge in [-0.1, -0.05) is 109 Å². The van der Waals surface area contributed by atoms with Crippen LogP contribution in [0.4, 0.5) is 0 Å². The zero-order chi connectivity index (χ0) is 47.0. The van der Waals surface area contributed by atoms with Gasteiger partial charge in [0.1, 0.15) is 52.1 Å². The number of hydrogen-bond acceptors (Lipinski definition) is 3. The fourth-order valence-corrected chi connectivity index (χ4v) is 11.7. The van der Waals surface area contributed by atoms with Crippen LogP contribution in [-0.4, -0.2) is 42.4 Å². The minimum atomic E-state index is 0.820. The molecule has 0 saturated carbocycles. The summed E-state index contributed by atoms with van der Waals surface area (Å²) in [5.74, 6) is 0. The Balaban J connectivity index is 0.964. The first-order valence-electron chi connectivity index (χ1n) is 24.3. The third-order valence-corrected chi connectivity index (χ3v) is 14.8. The van der Waals surface area contributed by atoms with Gasteiger partial charge in [0, 0.05) is 66.4 Å². The summed E-state index contributed by atoms with van der Waals surface area (Å²) in [6, 6.07) is 78.0. The van der Waals surface area contributed by atoms with Gasteiger partial charge < -0.3 is 13.7 Å². The van der Waals surface area contributed by atoms with Gasteiger partial charge in [-0.2, -0.15) is 0 Å². The van der Waals surface area contributed by atoms with E-state index < -0.39 is 0 Å². The van der Waals surface area contributed by atoms with Gasteiger partial charge in [-0.25, -0.2) is 15.0 Å². The molecule has 6 aromatic heterocycles. The van der Waals surface area contributed by atoms with Crippen LogP contribution in [0.2, 0.25) is 0 Å². The fraction of sp³-hybridized carbons (Fsp3) is 0. The molecule has 0 aliphatic rings. The van der Waals surface area contributed by atoms with Gasteiger partial charge in [0.2, 0.25) is 0 Å². The third kappa shape index (κ3) is 5.38. The van der Waals surface area contributed by atoms with Crippen LogP contribution in [0, 0.1) is 0 Å². The standard InChI is InChI=1S/C63H39N9/c1-4-16-40(17-5-1)70-52-25-13-10-22-46(52)49-34-43(28-31-55(49)70)67-37-64-58-61(67)59-63(68(38-65-59)44-29-32-56-50(35-44)47-23-11-14-26-53(47)71(56)41-18-6-2-7-19-41)60-62(58)69(39-66-60)45-30-33-57-51(36-45)48-24-12-15-27-54(48)72(57)42-20-8-3-9-21-42/h1-39H. The van der Waals surface area contributed by atoms with Crippen molar-refractivity contribution in [1.29, 1.82) is 0 Å². The van der Waals surface area contributed by atoms with Gasteiger partial charge in [0.25, 0.3) is 0 Å². The highest BCUT2D eigenvalue weighted by Crippen LogP contribution is 2.41. The molecule has 0 fully saturated rings. The van der Waals surface area contributed by atoms with E-state index in [0.717, 1.165) is 116 Å². The first kappa shape index (κ1) is 38.9. The molecule has 16 rings (SSSR count). The molecule has 0 radical (unpaired) electrons. The van der Waals surface area contributed by atoms with E-state index in [1.807, 2.05) is 19.0 Å². The summed E-state index contributed by atoms with van der Waals surface area (Å²) < 4.78 is 13.7. The molecule has 0 aliphatic carbocycles. The molecule has 0 bridgehead atoms. The molecule has 336 valence electrons. The third-order valence-electron chi connectivity index (χ3n) is 14.8. The zero-order valence-corrected chi connectivity index (χ0v) is 38.5. The molecule has 9 nitrogen and oxygen atoms in total. The van der Waals surface area contributed by atoms with E-state index in [0.29, 0.717) is 0 Å². The lowest BCUT2D eigenvalue weighted by Crippen LogP contribution is -1.98. The Morgan fingerprint density at radius 3 is 0.792 bits per heavy atom. The average molecular weight is 922 g/mol. The first-order valence-corrected chi connectivity index (χ1v) is 24.3. The first-order chi connectivity index (χ1) is 35.7. The Labute approximate surface area is 410 Å². The second-order valence-corrected chi connectivity index (χ2v) is 18.6. The largest absolute Gasteiger partial charge is 0.309 e. The molecule has 0 saturated heterocycles. The topological polar surface area (TPSA) is 68.2 Å². The van der Waals surface area contributed by atoms with Crippen molar-refractivity contribution >= 4 is 98.5 Å². The van der Waals surface area contributed by atoms with E-state index in [-0.39, 0.29) is 0 Å². The highest BCUT2D eigenvalue weighted by molar-refractivity contribution is 6.21. The molecule has 0 atom stereocenters. The number of hydrogen-bond donors (Lipinski definition) is 0. The molecule has 9 heteroatoms. The Kier molecular flexibility index (Phi) is 7.98. The van der Waals surface area contributed by atoms with Crippen molar-refractivity contribution in [3.63, 3.8) is 0 Å². The van der Waals surface area contributed by atoms with Crippen molar-refractivity contribution in [3.05, 3.63) is 237 Å². The Morgan fingerprint density at radius 2 is 0.486 bits per heavy atom. The lowest BCUT2D eigenvalue weighted by molar-refractivity contribution is 1.09. The molecule has 6 heterocycles. The van der Waals surface area contributed by atoms with Crippen molar-refractivity contribution < 1.29 is 0 Å². The summed E-state index contributed by atoms with van der Waals surface area (Å²) in [5, 5.41) is 7.04. The Morgan fingerprint density at radius 1 is 0.222 bits per heavy atom.